The molecule has 1 saturated heterocycles. The van der Waals surface area contributed by atoms with Crippen molar-refractivity contribution in [2.45, 2.75) is 53.1 Å². The Balaban J connectivity index is 1.51. The van der Waals surface area contributed by atoms with Crippen LogP contribution in [-0.4, -0.2) is 45.4 Å². The normalized spacial score (nSPS) is 21.6. The molecule has 3 aromatic rings. The number of fused-ring (bicyclic) bond motifs is 1. The van der Waals surface area contributed by atoms with Gasteiger partial charge in [-0.15, -0.1) is 11.3 Å². The van der Waals surface area contributed by atoms with Crippen molar-refractivity contribution in [3.05, 3.63) is 74.7 Å². The number of thiazole rings is 1. The predicted octanol–water partition coefficient (Wildman–Crippen LogP) is 5.44. The number of nitrogens with one attached hydrogen (secondary N) is 1. The first-order chi connectivity index (χ1) is 18.8. The highest BCUT2D eigenvalue weighted by Crippen LogP contribution is 2.65. The molecule has 2 N–H and O–H groups in total. The van der Waals surface area contributed by atoms with Crippen LogP contribution in [0.3, 0.4) is 0 Å². The van der Waals surface area contributed by atoms with E-state index in [0.717, 1.165) is 17.2 Å². The van der Waals surface area contributed by atoms with Gasteiger partial charge in [-0.05, 0) is 72.4 Å². The fourth-order valence-electron chi connectivity index (χ4n) is 6.32. The van der Waals surface area contributed by atoms with Crippen LogP contribution in [-0.2, 0) is 9.59 Å². The number of benzene rings is 2. The van der Waals surface area contributed by atoms with Gasteiger partial charge in [0.25, 0.3) is 5.91 Å². The van der Waals surface area contributed by atoms with Gasteiger partial charge in [-0.3, -0.25) is 14.4 Å². The number of carbonyl (C=O) groups is 3. The van der Waals surface area contributed by atoms with Gasteiger partial charge in [-0.2, -0.15) is 0 Å². The van der Waals surface area contributed by atoms with Crippen molar-refractivity contribution in [3.8, 4) is 11.1 Å². The van der Waals surface area contributed by atoms with Gasteiger partial charge in [0, 0.05) is 23.2 Å². The highest BCUT2D eigenvalue weighted by molar-refractivity contribution is 7.11. The highest BCUT2D eigenvalue weighted by atomic mass is 32.1. The van der Waals surface area contributed by atoms with Gasteiger partial charge in [0.2, 0.25) is 5.91 Å². The van der Waals surface area contributed by atoms with Crippen molar-refractivity contribution >= 4 is 29.1 Å². The van der Waals surface area contributed by atoms with Crippen LogP contribution in [0.25, 0.3) is 11.1 Å². The zero-order valence-corrected chi connectivity index (χ0v) is 23.7. The smallest absolute Gasteiger partial charge is 0.305 e. The molecule has 5 rings (SSSR count). The van der Waals surface area contributed by atoms with Gasteiger partial charge in [-0.1, -0.05) is 32.0 Å². The monoisotopic (exact) mass is 567 g/mol. The molecule has 210 valence electrons. The topological polar surface area (TPSA) is 99.6 Å². The number of halogens is 2. The van der Waals surface area contributed by atoms with Gasteiger partial charge in [0.05, 0.1) is 12.5 Å². The quantitative estimate of drug-likeness (QED) is 0.396. The van der Waals surface area contributed by atoms with Crippen molar-refractivity contribution in [1.29, 1.82) is 0 Å². The summed E-state index contributed by atoms with van der Waals surface area (Å²) >= 11 is 1.20. The van der Waals surface area contributed by atoms with E-state index < -0.39 is 42.0 Å². The Morgan fingerprint density at radius 2 is 1.85 bits per heavy atom. The van der Waals surface area contributed by atoms with Crippen molar-refractivity contribution in [1.82, 2.24) is 15.2 Å². The molecule has 2 aromatic carbocycles. The van der Waals surface area contributed by atoms with Gasteiger partial charge in [0.15, 0.2) is 16.6 Å². The summed E-state index contributed by atoms with van der Waals surface area (Å²) in [5, 5.41) is 14.4. The van der Waals surface area contributed by atoms with Crippen molar-refractivity contribution in [3.63, 3.8) is 0 Å². The molecule has 0 spiro atoms. The number of aromatic nitrogens is 1. The number of carboxylic acids is 1. The average molecular weight is 568 g/mol. The lowest BCUT2D eigenvalue weighted by molar-refractivity contribution is -0.138. The molecule has 2 aliphatic rings. The van der Waals surface area contributed by atoms with E-state index in [0.29, 0.717) is 23.4 Å². The number of nitrogens with zero attached hydrogens (tertiary/aromatic N) is 2. The summed E-state index contributed by atoms with van der Waals surface area (Å²) in [4.78, 5) is 44.8. The Hall–Kier alpha value is -3.66. The van der Waals surface area contributed by atoms with Crippen LogP contribution in [0, 0.1) is 49.7 Å². The van der Waals surface area contributed by atoms with Crippen LogP contribution in [0.5, 0.6) is 0 Å². The van der Waals surface area contributed by atoms with Crippen LogP contribution in [0.2, 0.25) is 0 Å². The molecule has 1 aromatic heterocycles. The van der Waals surface area contributed by atoms with E-state index in [-0.39, 0.29) is 33.7 Å². The molecule has 10 heteroatoms. The molecular weight excluding hydrogens is 536 g/mol. The second-order valence-corrected chi connectivity index (χ2v) is 12.3. The summed E-state index contributed by atoms with van der Waals surface area (Å²) in [6, 6.07) is 5.80. The molecule has 1 saturated carbocycles. The van der Waals surface area contributed by atoms with Crippen LogP contribution in [0.4, 0.5) is 8.78 Å². The molecule has 0 bridgehead atoms. The molecule has 0 unspecified atom stereocenters. The summed E-state index contributed by atoms with van der Waals surface area (Å²) in [7, 11) is 0. The van der Waals surface area contributed by atoms with E-state index >= 15 is 4.39 Å². The Morgan fingerprint density at radius 1 is 1.18 bits per heavy atom. The molecule has 7 nitrogen and oxygen atoms in total. The van der Waals surface area contributed by atoms with E-state index in [9.17, 15) is 23.9 Å². The number of likely N-dealkylation sites (tertiary alicyclic amines) is 1. The molecule has 2 heterocycles. The van der Waals surface area contributed by atoms with Crippen molar-refractivity contribution < 1.29 is 28.3 Å². The fourth-order valence-corrected chi connectivity index (χ4v) is 7.07. The van der Waals surface area contributed by atoms with E-state index in [1.165, 1.54) is 22.3 Å². The summed E-state index contributed by atoms with van der Waals surface area (Å²) in [5.74, 6) is -4.67. The Labute approximate surface area is 235 Å². The lowest BCUT2D eigenvalue weighted by Crippen LogP contribution is -2.50. The number of rotatable bonds is 7. The Kier molecular flexibility index (Phi) is 7.02. The SMILES string of the molecule is Cc1csc(C(=O)N2C[C@H]3[C@@H]([C@H]2C(=O)N[C@@H](CC(=O)O)c2cc(-c4c(C)cccc4C)cc(F)c2F)C3(C)C)n1. The number of carboxylic acid groups (broad SMARTS) is 1. The number of hydrogen-bond donors (Lipinski definition) is 2. The summed E-state index contributed by atoms with van der Waals surface area (Å²) in [6.07, 6.45) is -0.665. The second-order valence-electron chi connectivity index (χ2n) is 11.4. The molecule has 4 atom stereocenters. The molecule has 2 amide bonds. The number of amides is 2. The average Bonchev–Trinajstić information content (AvgIpc) is 3.24. The van der Waals surface area contributed by atoms with E-state index in [1.54, 1.807) is 12.3 Å². The first kappa shape index (κ1) is 27.9. The number of aryl methyl sites for hydroxylation is 3. The van der Waals surface area contributed by atoms with E-state index in [2.05, 4.69) is 10.3 Å². The van der Waals surface area contributed by atoms with Crippen LogP contribution in [0.15, 0.2) is 35.7 Å². The summed E-state index contributed by atoms with van der Waals surface area (Å²) in [6.45, 7) is 9.89. The molecule has 40 heavy (non-hydrogen) atoms. The maximum absolute atomic E-state index is 15.3. The van der Waals surface area contributed by atoms with E-state index in [4.69, 9.17) is 0 Å². The summed E-state index contributed by atoms with van der Waals surface area (Å²) in [5.41, 5.74) is 3.02. The minimum Gasteiger partial charge on any atom is -0.481 e. The first-order valence-electron chi connectivity index (χ1n) is 13.1. The van der Waals surface area contributed by atoms with Crippen molar-refractivity contribution in [2.24, 2.45) is 17.3 Å². The maximum Gasteiger partial charge on any atom is 0.305 e. The number of piperidine rings is 1. The fraction of sp³-hybridized carbons (Fsp3) is 0.400. The second kappa shape index (κ2) is 10.1. The highest BCUT2D eigenvalue weighted by Gasteiger charge is 2.69. The minimum atomic E-state index is -1.36. The molecule has 1 aliphatic heterocycles. The van der Waals surface area contributed by atoms with Gasteiger partial charge < -0.3 is 15.3 Å². The van der Waals surface area contributed by atoms with Crippen LogP contribution < -0.4 is 5.32 Å². The third-order valence-corrected chi connectivity index (χ3v) is 9.38. The lowest BCUT2D eigenvalue weighted by atomic mass is 9.92. The molecular formula is C30H31F2N3O4S. The predicted molar refractivity (Wildman–Crippen MR) is 147 cm³/mol. The zero-order chi connectivity index (χ0) is 29.1. The standard InChI is InChI=1S/C30H31F2N3O4S/c1-14-7-6-8-15(2)23(14)17-9-18(25(32)20(31)10-17)21(11-22(36)37)34-27(38)26-24-19(30(24,4)5)12-35(26)29(39)28-33-16(3)13-40-28/h6-10,13,19,21,24,26H,11-12H2,1-5H3,(H,34,38)(H,36,37)/t19-,21-,24-,26-/m0/s1. The third-order valence-electron chi connectivity index (χ3n) is 8.44. The van der Waals surface area contributed by atoms with Gasteiger partial charge >= 0.3 is 5.97 Å². The summed E-state index contributed by atoms with van der Waals surface area (Å²) < 4.78 is 30.2. The largest absolute Gasteiger partial charge is 0.481 e. The molecule has 1 aliphatic carbocycles. The molecule has 2 fully saturated rings. The number of aliphatic carboxylic acids is 1. The van der Waals surface area contributed by atoms with Crippen LogP contribution >= 0.6 is 11.3 Å². The zero-order valence-electron chi connectivity index (χ0n) is 22.9. The molecule has 0 radical (unpaired) electrons. The van der Waals surface area contributed by atoms with Crippen molar-refractivity contribution in [2.75, 3.05) is 6.54 Å². The Morgan fingerprint density at radius 3 is 2.45 bits per heavy atom. The van der Waals surface area contributed by atoms with Gasteiger partial charge in [-0.25, -0.2) is 13.8 Å². The van der Waals surface area contributed by atoms with E-state index in [1.807, 2.05) is 45.9 Å². The van der Waals surface area contributed by atoms with Crippen LogP contribution in [0.1, 0.15) is 58.5 Å². The number of hydrogen-bond acceptors (Lipinski definition) is 5. The Bertz CT molecular complexity index is 1510. The van der Waals surface area contributed by atoms with Gasteiger partial charge in [0.1, 0.15) is 6.04 Å². The lowest BCUT2D eigenvalue weighted by Gasteiger charge is -2.31. The maximum atomic E-state index is 15.3. The minimum absolute atomic E-state index is 0.0905. The third kappa shape index (κ3) is 4.78. The number of carbonyl (C=O) groups excluding carboxylic acids is 2. The first-order valence-corrected chi connectivity index (χ1v) is 14.0.